The Morgan fingerprint density at radius 3 is 3.15 bits per heavy atom. The first kappa shape index (κ1) is 13.3. The molecule has 20 heavy (non-hydrogen) atoms. The second-order valence-corrected chi connectivity index (χ2v) is 5.66. The zero-order valence-electron chi connectivity index (χ0n) is 11.0. The number of carbonyl (C=O) groups is 1. The molecule has 1 fully saturated rings. The molecule has 4 nitrogen and oxygen atoms in total. The third-order valence-corrected chi connectivity index (χ3v) is 4.20. The van der Waals surface area contributed by atoms with Crippen LogP contribution < -0.4 is 5.32 Å². The van der Waals surface area contributed by atoms with Gasteiger partial charge in [-0.1, -0.05) is 12.1 Å². The molecule has 1 N–H and O–H groups in total. The summed E-state index contributed by atoms with van der Waals surface area (Å²) in [5, 5.41) is 4.97. The fourth-order valence-corrected chi connectivity index (χ4v) is 3.05. The Morgan fingerprint density at radius 2 is 2.40 bits per heavy atom. The lowest BCUT2D eigenvalue weighted by Crippen LogP contribution is -2.33. The number of carbonyl (C=O) groups excluding carboxylic acids is 1. The van der Waals surface area contributed by atoms with Crippen LogP contribution in [0.15, 0.2) is 35.8 Å². The zero-order chi connectivity index (χ0) is 13.8. The van der Waals surface area contributed by atoms with E-state index >= 15 is 0 Å². The highest BCUT2D eigenvalue weighted by molar-refractivity contribution is 7.13. The average molecular weight is 288 g/mol. The lowest BCUT2D eigenvalue weighted by molar-refractivity contribution is -0.130. The van der Waals surface area contributed by atoms with Gasteiger partial charge in [-0.25, -0.2) is 0 Å². The van der Waals surface area contributed by atoms with Crippen LogP contribution in [-0.2, 0) is 16.1 Å². The molecule has 0 aliphatic carbocycles. The van der Waals surface area contributed by atoms with E-state index in [0.717, 1.165) is 29.0 Å². The van der Waals surface area contributed by atoms with E-state index in [0.29, 0.717) is 13.2 Å². The third kappa shape index (κ3) is 2.89. The zero-order valence-corrected chi connectivity index (χ0v) is 11.9. The topological polar surface area (TPSA) is 51.2 Å². The van der Waals surface area contributed by atoms with E-state index in [1.807, 2.05) is 29.6 Å². The summed E-state index contributed by atoms with van der Waals surface area (Å²) in [6.45, 7) is 1.17. The van der Waals surface area contributed by atoms with Crippen molar-refractivity contribution in [1.29, 1.82) is 0 Å². The molecule has 3 rings (SSSR count). The van der Waals surface area contributed by atoms with Gasteiger partial charge in [-0.3, -0.25) is 9.78 Å². The van der Waals surface area contributed by atoms with Crippen molar-refractivity contribution in [3.8, 4) is 10.6 Å². The molecule has 1 amide bonds. The highest BCUT2D eigenvalue weighted by atomic mass is 32.1. The van der Waals surface area contributed by atoms with Crippen molar-refractivity contribution in [2.75, 3.05) is 6.61 Å². The molecule has 2 aromatic heterocycles. The van der Waals surface area contributed by atoms with Crippen LogP contribution in [-0.4, -0.2) is 23.6 Å². The largest absolute Gasteiger partial charge is 0.368 e. The van der Waals surface area contributed by atoms with Crippen molar-refractivity contribution >= 4 is 17.2 Å². The van der Waals surface area contributed by atoms with Gasteiger partial charge in [0.25, 0.3) is 0 Å². The molecule has 1 unspecified atom stereocenters. The minimum absolute atomic E-state index is 0.0246. The van der Waals surface area contributed by atoms with Crippen molar-refractivity contribution in [3.05, 3.63) is 41.4 Å². The van der Waals surface area contributed by atoms with Crippen LogP contribution in [0.3, 0.4) is 0 Å². The Bertz CT molecular complexity index is 577. The van der Waals surface area contributed by atoms with Crippen LogP contribution in [0.4, 0.5) is 0 Å². The maximum atomic E-state index is 12.0. The maximum absolute atomic E-state index is 12.0. The van der Waals surface area contributed by atoms with Crippen LogP contribution in [0.1, 0.15) is 18.4 Å². The van der Waals surface area contributed by atoms with Gasteiger partial charge in [0.1, 0.15) is 6.10 Å². The van der Waals surface area contributed by atoms with Gasteiger partial charge in [-0.05, 0) is 35.9 Å². The Labute approximate surface area is 121 Å². The molecular formula is C15H16N2O2S. The number of hydrogen-bond donors (Lipinski definition) is 1. The molecule has 104 valence electrons. The van der Waals surface area contributed by atoms with Gasteiger partial charge in [-0.2, -0.15) is 0 Å². The summed E-state index contributed by atoms with van der Waals surface area (Å²) >= 11 is 1.65. The van der Waals surface area contributed by atoms with Crippen LogP contribution >= 0.6 is 11.3 Å². The number of hydrogen-bond acceptors (Lipinski definition) is 4. The number of thiophene rings is 1. The van der Waals surface area contributed by atoms with Crippen molar-refractivity contribution in [2.24, 2.45) is 0 Å². The monoisotopic (exact) mass is 288 g/mol. The predicted molar refractivity (Wildman–Crippen MR) is 78.4 cm³/mol. The maximum Gasteiger partial charge on any atom is 0.249 e. The summed E-state index contributed by atoms with van der Waals surface area (Å²) in [5.41, 5.74) is 1.97. The Kier molecular flexibility index (Phi) is 4.08. The molecule has 5 heteroatoms. The molecule has 1 atom stereocenters. The SMILES string of the molecule is O=C(NCc1cccnc1-c1cccs1)C1CCCO1. The van der Waals surface area contributed by atoms with Crippen LogP contribution in [0.2, 0.25) is 0 Å². The molecule has 1 saturated heterocycles. The molecule has 0 spiro atoms. The van der Waals surface area contributed by atoms with E-state index in [4.69, 9.17) is 4.74 Å². The fourth-order valence-electron chi connectivity index (χ4n) is 2.30. The molecule has 3 heterocycles. The number of nitrogens with zero attached hydrogens (tertiary/aromatic N) is 1. The molecule has 0 aromatic carbocycles. The predicted octanol–water partition coefficient (Wildman–Crippen LogP) is 2.61. The van der Waals surface area contributed by atoms with E-state index in [9.17, 15) is 4.79 Å². The number of aromatic nitrogens is 1. The number of nitrogens with one attached hydrogen (secondary N) is 1. The quantitative estimate of drug-likeness (QED) is 0.941. The van der Waals surface area contributed by atoms with E-state index in [1.165, 1.54) is 0 Å². The van der Waals surface area contributed by atoms with E-state index in [2.05, 4.69) is 10.3 Å². The average Bonchev–Trinajstić information content (AvgIpc) is 3.17. The Balaban J connectivity index is 1.70. The Hall–Kier alpha value is -1.72. The fraction of sp³-hybridized carbons (Fsp3) is 0.333. The van der Waals surface area contributed by atoms with E-state index < -0.39 is 0 Å². The van der Waals surface area contributed by atoms with Crippen molar-refractivity contribution in [2.45, 2.75) is 25.5 Å². The summed E-state index contributed by atoms with van der Waals surface area (Å²) in [7, 11) is 0. The number of rotatable bonds is 4. The van der Waals surface area contributed by atoms with Crippen molar-refractivity contribution in [3.63, 3.8) is 0 Å². The molecule has 0 radical (unpaired) electrons. The first-order chi connectivity index (χ1) is 9.84. The summed E-state index contributed by atoms with van der Waals surface area (Å²) in [4.78, 5) is 17.5. The number of pyridine rings is 1. The third-order valence-electron chi connectivity index (χ3n) is 3.32. The normalized spacial score (nSPS) is 18.1. The van der Waals surface area contributed by atoms with E-state index in [1.54, 1.807) is 17.5 Å². The minimum Gasteiger partial charge on any atom is -0.368 e. The van der Waals surface area contributed by atoms with Crippen LogP contribution in [0, 0.1) is 0 Å². The van der Waals surface area contributed by atoms with Gasteiger partial charge < -0.3 is 10.1 Å². The van der Waals surface area contributed by atoms with E-state index in [-0.39, 0.29) is 12.0 Å². The van der Waals surface area contributed by atoms with Gasteiger partial charge in [0.2, 0.25) is 5.91 Å². The molecule has 1 aliphatic heterocycles. The first-order valence-corrected chi connectivity index (χ1v) is 7.59. The van der Waals surface area contributed by atoms with Crippen LogP contribution in [0.25, 0.3) is 10.6 Å². The van der Waals surface area contributed by atoms with Gasteiger partial charge in [-0.15, -0.1) is 11.3 Å². The lowest BCUT2D eigenvalue weighted by Gasteiger charge is -2.12. The number of ether oxygens (including phenoxy) is 1. The lowest BCUT2D eigenvalue weighted by atomic mass is 10.1. The first-order valence-electron chi connectivity index (χ1n) is 6.71. The molecule has 2 aromatic rings. The second kappa shape index (κ2) is 6.15. The standard InChI is InChI=1S/C15H16N2O2S/c18-15(12-5-2-8-19-12)17-10-11-4-1-7-16-14(11)13-6-3-9-20-13/h1,3-4,6-7,9,12H,2,5,8,10H2,(H,17,18). The summed E-state index contributed by atoms with van der Waals surface area (Å²) in [6.07, 6.45) is 3.28. The minimum atomic E-state index is -0.281. The van der Waals surface area contributed by atoms with Gasteiger partial charge >= 0.3 is 0 Å². The Morgan fingerprint density at radius 1 is 1.45 bits per heavy atom. The number of amides is 1. The summed E-state index contributed by atoms with van der Waals surface area (Å²) in [5.74, 6) is -0.0246. The van der Waals surface area contributed by atoms with Gasteiger partial charge in [0, 0.05) is 19.3 Å². The summed E-state index contributed by atoms with van der Waals surface area (Å²) < 4.78 is 5.38. The van der Waals surface area contributed by atoms with Crippen molar-refractivity contribution < 1.29 is 9.53 Å². The highest BCUT2D eigenvalue weighted by Gasteiger charge is 2.23. The molecule has 1 aliphatic rings. The van der Waals surface area contributed by atoms with Gasteiger partial charge in [0.05, 0.1) is 10.6 Å². The molecular weight excluding hydrogens is 272 g/mol. The second-order valence-electron chi connectivity index (χ2n) is 4.71. The van der Waals surface area contributed by atoms with Crippen molar-refractivity contribution in [1.82, 2.24) is 10.3 Å². The smallest absolute Gasteiger partial charge is 0.249 e. The summed E-state index contributed by atoms with van der Waals surface area (Å²) in [6, 6.07) is 7.93. The molecule has 0 saturated carbocycles. The van der Waals surface area contributed by atoms with Crippen LogP contribution in [0.5, 0.6) is 0 Å². The van der Waals surface area contributed by atoms with Gasteiger partial charge in [0.15, 0.2) is 0 Å². The highest BCUT2D eigenvalue weighted by Crippen LogP contribution is 2.25. The molecule has 0 bridgehead atoms.